The van der Waals surface area contributed by atoms with Crippen LogP contribution >= 0.6 is 0 Å². The molecule has 1 aromatic heterocycles. The third-order valence-corrected chi connectivity index (χ3v) is 5.06. The first-order valence-electron chi connectivity index (χ1n) is 8.92. The molecule has 3 rings (SSSR count). The minimum Gasteiger partial charge on any atom is -0.372 e. The molecule has 1 amide bonds. The zero-order valence-electron chi connectivity index (χ0n) is 15.1. The molecule has 3 heterocycles. The van der Waals surface area contributed by atoms with Crippen LogP contribution in [0.25, 0.3) is 0 Å². The van der Waals surface area contributed by atoms with Crippen molar-refractivity contribution in [2.75, 3.05) is 26.2 Å². The summed E-state index contributed by atoms with van der Waals surface area (Å²) in [5, 5.41) is 3.87. The zero-order chi connectivity index (χ0) is 17.3. The molecule has 2 aliphatic rings. The number of hydrogen-bond acceptors (Lipinski definition) is 6. The molecule has 3 atom stereocenters. The molecule has 2 saturated heterocycles. The van der Waals surface area contributed by atoms with Gasteiger partial charge in [0.2, 0.25) is 11.8 Å². The number of piperidine rings is 1. The second kappa shape index (κ2) is 7.19. The van der Waals surface area contributed by atoms with Crippen LogP contribution in [-0.4, -0.2) is 64.2 Å². The van der Waals surface area contributed by atoms with Crippen molar-refractivity contribution in [3.05, 3.63) is 11.7 Å². The topological polar surface area (TPSA) is 71.7 Å². The third kappa shape index (κ3) is 3.78. The van der Waals surface area contributed by atoms with Crippen molar-refractivity contribution < 1.29 is 14.1 Å². The van der Waals surface area contributed by atoms with E-state index in [1.807, 2.05) is 25.7 Å². The Morgan fingerprint density at radius 1 is 1.21 bits per heavy atom. The molecule has 0 aliphatic carbocycles. The predicted octanol–water partition coefficient (Wildman–Crippen LogP) is 1.79. The Morgan fingerprint density at radius 3 is 2.38 bits per heavy atom. The number of carbonyl (C=O) groups is 1. The van der Waals surface area contributed by atoms with E-state index in [9.17, 15) is 4.79 Å². The van der Waals surface area contributed by atoms with Crippen LogP contribution in [-0.2, 0) is 9.53 Å². The van der Waals surface area contributed by atoms with Crippen molar-refractivity contribution >= 4 is 5.91 Å². The molecular formula is C17H28N4O3. The van der Waals surface area contributed by atoms with Crippen LogP contribution in [0.3, 0.4) is 0 Å². The number of aromatic nitrogens is 2. The minimum absolute atomic E-state index is 0.102. The highest BCUT2D eigenvalue weighted by Gasteiger charge is 2.34. The molecule has 7 nitrogen and oxygen atoms in total. The van der Waals surface area contributed by atoms with Crippen LogP contribution in [0.15, 0.2) is 4.52 Å². The highest BCUT2D eigenvalue weighted by atomic mass is 16.5. The molecule has 0 bridgehead atoms. The first-order valence-corrected chi connectivity index (χ1v) is 8.92. The maximum Gasteiger partial charge on any atom is 0.243 e. The van der Waals surface area contributed by atoms with E-state index in [4.69, 9.17) is 9.26 Å². The van der Waals surface area contributed by atoms with Gasteiger partial charge in [0.1, 0.15) is 0 Å². The number of ether oxygens (including phenoxy) is 1. The van der Waals surface area contributed by atoms with Gasteiger partial charge in [0.15, 0.2) is 5.82 Å². The number of hydrogen-bond donors (Lipinski definition) is 0. The fraction of sp³-hybridized carbons (Fsp3) is 0.824. The van der Waals surface area contributed by atoms with Gasteiger partial charge in [-0.2, -0.15) is 4.98 Å². The second-order valence-electron chi connectivity index (χ2n) is 7.17. The van der Waals surface area contributed by atoms with E-state index >= 15 is 0 Å². The number of morpholine rings is 1. The normalized spacial score (nSPS) is 28.1. The van der Waals surface area contributed by atoms with E-state index in [-0.39, 0.29) is 30.1 Å². The number of rotatable bonds is 3. The van der Waals surface area contributed by atoms with Crippen molar-refractivity contribution in [2.24, 2.45) is 5.92 Å². The summed E-state index contributed by atoms with van der Waals surface area (Å²) in [6.45, 7) is 11.2. The van der Waals surface area contributed by atoms with Crippen LogP contribution in [0.4, 0.5) is 0 Å². The molecular weight excluding hydrogens is 308 g/mol. The van der Waals surface area contributed by atoms with Crippen LogP contribution in [0, 0.1) is 12.8 Å². The van der Waals surface area contributed by atoms with Crippen LogP contribution < -0.4 is 0 Å². The van der Waals surface area contributed by atoms with Gasteiger partial charge in [0.25, 0.3) is 0 Å². The van der Waals surface area contributed by atoms with Gasteiger partial charge in [-0.15, -0.1) is 0 Å². The molecule has 24 heavy (non-hydrogen) atoms. The Kier molecular flexibility index (Phi) is 5.20. The standard InChI is InChI=1S/C17H28N4O3/c1-11-9-21(10-12(2)23-11)17(22)15-5-7-20(8-6-15)13(3)16-18-14(4)19-24-16/h11-13,15H,5-10H2,1-4H3/t11-,12-,13-/m0/s1. The number of likely N-dealkylation sites (tertiary alicyclic amines) is 1. The van der Waals surface area contributed by atoms with Crippen molar-refractivity contribution in [2.45, 2.75) is 58.8 Å². The number of amides is 1. The fourth-order valence-electron chi connectivity index (χ4n) is 3.79. The second-order valence-corrected chi connectivity index (χ2v) is 7.17. The summed E-state index contributed by atoms with van der Waals surface area (Å²) in [5.74, 6) is 1.74. The van der Waals surface area contributed by atoms with Crippen molar-refractivity contribution in [3.63, 3.8) is 0 Å². The number of carbonyl (C=O) groups excluding carboxylic acids is 1. The first kappa shape index (κ1) is 17.4. The summed E-state index contributed by atoms with van der Waals surface area (Å²) in [4.78, 5) is 21.4. The Hall–Kier alpha value is -1.47. The lowest BCUT2D eigenvalue weighted by Gasteiger charge is -2.39. The lowest BCUT2D eigenvalue weighted by atomic mass is 9.94. The van der Waals surface area contributed by atoms with Gasteiger partial charge in [0, 0.05) is 19.0 Å². The van der Waals surface area contributed by atoms with Gasteiger partial charge < -0.3 is 14.2 Å². The third-order valence-electron chi connectivity index (χ3n) is 5.06. The van der Waals surface area contributed by atoms with Crippen LogP contribution in [0.1, 0.15) is 51.4 Å². The molecule has 0 unspecified atom stereocenters. The van der Waals surface area contributed by atoms with E-state index in [0.29, 0.717) is 24.8 Å². The smallest absolute Gasteiger partial charge is 0.243 e. The van der Waals surface area contributed by atoms with E-state index in [1.54, 1.807) is 0 Å². The van der Waals surface area contributed by atoms with Gasteiger partial charge in [0.05, 0.1) is 18.2 Å². The quantitative estimate of drug-likeness (QED) is 0.838. The summed E-state index contributed by atoms with van der Waals surface area (Å²) in [6.07, 6.45) is 2.02. The highest BCUT2D eigenvalue weighted by molar-refractivity contribution is 5.79. The molecule has 2 fully saturated rings. The van der Waals surface area contributed by atoms with Gasteiger partial charge in [-0.1, -0.05) is 5.16 Å². The lowest BCUT2D eigenvalue weighted by Crippen LogP contribution is -2.51. The summed E-state index contributed by atoms with van der Waals surface area (Å²) in [7, 11) is 0. The lowest BCUT2D eigenvalue weighted by molar-refractivity contribution is -0.149. The minimum atomic E-state index is 0.102. The van der Waals surface area contributed by atoms with Gasteiger partial charge in [-0.3, -0.25) is 9.69 Å². The number of nitrogens with zero attached hydrogens (tertiary/aromatic N) is 4. The molecule has 2 aliphatic heterocycles. The van der Waals surface area contributed by atoms with Gasteiger partial charge in [-0.25, -0.2) is 0 Å². The summed E-state index contributed by atoms with van der Waals surface area (Å²) in [6, 6.07) is 0.102. The van der Waals surface area contributed by atoms with Crippen molar-refractivity contribution in [1.29, 1.82) is 0 Å². The van der Waals surface area contributed by atoms with Crippen molar-refractivity contribution in [1.82, 2.24) is 19.9 Å². The van der Waals surface area contributed by atoms with Crippen LogP contribution in [0.5, 0.6) is 0 Å². The largest absolute Gasteiger partial charge is 0.372 e. The fourth-order valence-corrected chi connectivity index (χ4v) is 3.79. The Labute approximate surface area is 143 Å². The first-order chi connectivity index (χ1) is 11.4. The maximum absolute atomic E-state index is 12.8. The van der Waals surface area contributed by atoms with Gasteiger partial charge >= 0.3 is 0 Å². The average Bonchev–Trinajstić information content (AvgIpc) is 2.99. The molecule has 0 radical (unpaired) electrons. The predicted molar refractivity (Wildman–Crippen MR) is 88.3 cm³/mol. The van der Waals surface area contributed by atoms with Gasteiger partial charge in [-0.05, 0) is 53.6 Å². The molecule has 0 saturated carbocycles. The molecule has 134 valence electrons. The van der Waals surface area contributed by atoms with E-state index in [2.05, 4.69) is 22.0 Å². The van der Waals surface area contributed by atoms with E-state index < -0.39 is 0 Å². The maximum atomic E-state index is 12.8. The monoisotopic (exact) mass is 336 g/mol. The SMILES string of the molecule is Cc1noc([C@H](C)N2CCC(C(=O)N3C[C@H](C)O[C@@H](C)C3)CC2)n1. The summed E-state index contributed by atoms with van der Waals surface area (Å²) in [5.41, 5.74) is 0. The molecule has 0 aromatic carbocycles. The summed E-state index contributed by atoms with van der Waals surface area (Å²) < 4.78 is 11.0. The Bertz CT molecular complexity index is 558. The van der Waals surface area contributed by atoms with Crippen molar-refractivity contribution in [3.8, 4) is 0 Å². The number of aryl methyl sites for hydroxylation is 1. The van der Waals surface area contributed by atoms with E-state index in [1.165, 1.54) is 0 Å². The zero-order valence-corrected chi connectivity index (χ0v) is 15.1. The average molecular weight is 336 g/mol. The molecule has 0 spiro atoms. The van der Waals surface area contributed by atoms with Crippen LogP contribution in [0.2, 0.25) is 0 Å². The highest BCUT2D eigenvalue weighted by Crippen LogP contribution is 2.27. The molecule has 1 aromatic rings. The molecule has 7 heteroatoms. The van der Waals surface area contributed by atoms with E-state index in [0.717, 1.165) is 25.9 Å². The Morgan fingerprint density at radius 2 is 1.83 bits per heavy atom. The summed E-state index contributed by atoms with van der Waals surface area (Å²) >= 11 is 0. The Balaban J connectivity index is 1.54. The molecule has 0 N–H and O–H groups in total.